The lowest BCUT2D eigenvalue weighted by Gasteiger charge is -2.17. The van der Waals surface area contributed by atoms with Crippen LogP contribution in [0, 0.1) is 0 Å². The minimum Gasteiger partial charge on any atom is -0.460 e. The van der Waals surface area contributed by atoms with Crippen LogP contribution in [0.3, 0.4) is 0 Å². The van der Waals surface area contributed by atoms with Gasteiger partial charge in [0.2, 0.25) is 0 Å². The highest BCUT2D eigenvalue weighted by Gasteiger charge is 2.15. The van der Waals surface area contributed by atoms with E-state index in [4.69, 9.17) is 13.6 Å². The van der Waals surface area contributed by atoms with E-state index in [2.05, 4.69) is 6.58 Å². The van der Waals surface area contributed by atoms with Crippen molar-refractivity contribution in [2.45, 2.75) is 39.3 Å². The molecule has 0 aromatic heterocycles. The first kappa shape index (κ1) is 18.9. The topological polar surface area (TPSA) is 44.8 Å². The number of hydrogen-bond donors (Lipinski definition) is 0. The van der Waals surface area contributed by atoms with Crippen LogP contribution in [0.25, 0.3) is 0 Å². The Hall–Kier alpha value is -0.436. The summed E-state index contributed by atoms with van der Waals surface area (Å²) >= 11 is 0. The summed E-state index contributed by atoms with van der Waals surface area (Å²) in [6.07, 6.45) is 1.84. The van der Waals surface area contributed by atoms with Crippen molar-refractivity contribution in [1.29, 1.82) is 0 Å². The number of carbonyl (C=O) groups is 1. The number of carbonyl (C=O) groups excluding carboxylic acids is 1. The third-order valence-electron chi connectivity index (χ3n) is 2.00. The Morgan fingerprint density at radius 1 is 1.35 bits per heavy atom. The summed E-state index contributed by atoms with van der Waals surface area (Å²) in [5, 5.41) is 0. The zero-order valence-electron chi connectivity index (χ0n) is 10.4. The summed E-state index contributed by atoms with van der Waals surface area (Å²) < 4.78 is 16.1. The molecule has 0 fully saturated rings. The molecule has 0 aromatic rings. The largest absolute Gasteiger partial charge is 0.460 e. The lowest BCUT2D eigenvalue weighted by molar-refractivity contribution is -0.142. The SMILES string of the molecule is C=CC(=O)OC(C)CC[SiH](OCC)OCC.[SiH4]. The molecule has 0 spiro atoms. The lowest BCUT2D eigenvalue weighted by atomic mass is 10.3. The highest BCUT2D eigenvalue weighted by molar-refractivity contribution is 6.44. The molecule has 102 valence electrons. The van der Waals surface area contributed by atoms with E-state index in [9.17, 15) is 4.79 Å². The van der Waals surface area contributed by atoms with Crippen molar-refractivity contribution in [3.05, 3.63) is 12.7 Å². The molecule has 6 heteroatoms. The van der Waals surface area contributed by atoms with Crippen LogP contribution in [0.4, 0.5) is 0 Å². The number of esters is 1. The second-order valence-electron chi connectivity index (χ2n) is 3.37. The normalized spacial score (nSPS) is 11.8. The smallest absolute Gasteiger partial charge is 0.330 e. The van der Waals surface area contributed by atoms with Gasteiger partial charge in [-0.05, 0) is 44.2 Å². The van der Waals surface area contributed by atoms with Gasteiger partial charge in [-0.1, -0.05) is 6.58 Å². The fourth-order valence-corrected chi connectivity index (χ4v) is 3.18. The molecule has 0 aliphatic heterocycles. The van der Waals surface area contributed by atoms with Crippen LogP contribution in [0.1, 0.15) is 27.2 Å². The van der Waals surface area contributed by atoms with Crippen LogP contribution < -0.4 is 0 Å². The minimum absolute atomic E-state index is 0. The predicted octanol–water partition coefficient (Wildman–Crippen LogP) is 0.336. The van der Waals surface area contributed by atoms with Crippen molar-refractivity contribution in [2.24, 2.45) is 0 Å². The molecular formula is C11H26O4Si2. The summed E-state index contributed by atoms with van der Waals surface area (Å²) in [7, 11) is -1.56. The van der Waals surface area contributed by atoms with Gasteiger partial charge in [-0.2, -0.15) is 0 Å². The van der Waals surface area contributed by atoms with E-state index in [0.717, 1.165) is 12.5 Å². The van der Waals surface area contributed by atoms with Gasteiger partial charge in [0.1, 0.15) is 0 Å². The standard InChI is InChI=1S/C11H22O4Si.H4Si/c1-5-11(12)15-10(4)8-9-16(13-6-2)14-7-3;/h5,10,16H,1,6-9H2,2-4H3;1H4. The number of ether oxygens (including phenoxy) is 1. The summed E-state index contributed by atoms with van der Waals surface area (Å²) in [4.78, 5) is 10.9. The quantitative estimate of drug-likeness (QED) is 0.346. The van der Waals surface area contributed by atoms with Crippen molar-refractivity contribution >= 4 is 26.2 Å². The van der Waals surface area contributed by atoms with Crippen molar-refractivity contribution < 1.29 is 18.4 Å². The summed E-state index contributed by atoms with van der Waals surface area (Å²) in [5.74, 6) is -0.376. The van der Waals surface area contributed by atoms with Crippen LogP contribution in [0.15, 0.2) is 12.7 Å². The maximum Gasteiger partial charge on any atom is 0.330 e. The van der Waals surface area contributed by atoms with Crippen molar-refractivity contribution in [3.63, 3.8) is 0 Å². The van der Waals surface area contributed by atoms with Crippen LogP contribution in [0.5, 0.6) is 0 Å². The van der Waals surface area contributed by atoms with E-state index in [1.165, 1.54) is 6.08 Å². The van der Waals surface area contributed by atoms with E-state index in [1.54, 1.807) is 0 Å². The molecule has 4 nitrogen and oxygen atoms in total. The molecular weight excluding hydrogens is 252 g/mol. The Balaban J connectivity index is 0. The van der Waals surface area contributed by atoms with E-state index in [0.29, 0.717) is 13.2 Å². The first-order valence-corrected chi connectivity index (χ1v) is 7.46. The molecule has 1 atom stereocenters. The zero-order chi connectivity index (χ0) is 12.4. The Morgan fingerprint density at radius 2 is 1.88 bits per heavy atom. The molecule has 0 amide bonds. The van der Waals surface area contributed by atoms with Gasteiger partial charge in [0.25, 0.3) is 0 Å². The molecule has 17 heavy (non-hydrogen) atoms. The van der Waals surface area contributed by atoms with Crippen LogP contribution in [-0.2, 0) is 18.4 Å². The minimum atomic E-state index is -1.56. The molecule has 0 aliphatic rings. The average Bonchev–Trinajstić information content (AvgIpc) is 2.26. The van der Waals surface area contributed by atoms with Crippen molar-refractivity contribution in [2.75, 3.05) is 13.2 Å². The molecule has 0 bridgehead atoms. The van der Waals surface area contributed by atoms with E-state index < -0.39 is 9.28 Å². The van der Waals surface area contributed by atoms with Crippen LogP contribution >= 0.6 is 0 Å². The van der Waals surface area contributed by atoms with Gasteiger partial charge in [0.15, 0.2) is 0 Å². The Kier molecular flexibility index (Phi) is 13.4. The summed E-state index contributed by atoms with van der Waals surface area (Å²) in [6, 6.07) is 0.854. The molecule has 0 saturated carbocycles. The molecule has 0 heterocycles. The van der Waals surface area contributed by atoms with Crippen LogP contribution in [0.2, 0.25) is 6.04 Å². The monoisotopic (exact) mass is 278 g/mol. The first-order chi connectivity index (χ1) is 7.63. The van der Waals surface area contributed by atoms with E-state index in [-0.39, 0.29) is 23.0 Å². The van der Waals surface area contributed by atoms with Crippen molar-refractivity contribution in [1.82, 2.24) is 0 Å². The zero-order valence-corrected chi connectivity index (χ0v) is 11.6. The van der Waals surface area contributed by atoms with Gasteiger partial charge in [-0.25, -0.2) is 4.79 Å². The maximum absolute atomic E-state index is 10.9. The summed E-state index contributed by atoms with van der Waals surface area (Å²) in [6.45, 7) is 10.5. The van der Waals surface area contributed by atoms with Gasteiger partial charge in [-0.15, -0.1) is 0 Å². The van der Waals surface area contributed by atoms with Gasteiger partial charge >= 0.3 is 15.3 Å². The lowest BCUT2D eigenvalue weighted by Crippen LogP contribution is -2.25. The van der Waals surface area contributed by atoms with Crippen LogP contribution in [-0.4, -0.2) is 45.5 Å². The Labute approximate surface area is 110 Å². The second kappa shape index (κ2) is 12.0. The molecule has 1 unspecified atom stereocenters. The predicted molar refractivity (Wildman–Crippen MR) is 76.9 cm³/mol. The van der Waals surface area contributed by atoms with Crippen molar-refractivity contribution in [3.8, 4) is 0 Å². The maximum atomic E-state index is 10.9. The third-order valence-corrected chi connectivity index (χ3v) is 4.21. The molecule has 0 radical (unpaired) electrons. The highest BCUT2D eigenvalue weighted by atomic mass is 28.3. The Bertz CT molecular complexity index is 206. The number of hydrogen-bond acceptors (Lipinski definition) is 4. The Morgan fingerprint density at radius 3 is 2.29 bits per heavy atom. The highest BCUT2D eigenvalue weighted by Crippen LogP contribution is 2.08. The first-order valence-electron chi connectivity index (χ1n) is 5.70. The fraction of sp³-hybridized carbons (Fsp3) is 0.727. The van der Waals surface area contributed by atoms with Gasteiger partial charge in [-0.3, -0.25) is 0 Å². The second-order valence-corrected chi connectivity index (χ2v) is 5.47. The average molecular weight is 278 g/mol. The molecule has 0 saturated heterocycles. The molecule has 0 N–H and O–H groups in total. The fourth-order valence-electron chi connectivity index (χ4n) is 1.26. The number of rotatable bonds is 9. The summed E-state index contributed by atoms with van der Waals surface area (Å²) in [5.41, 5.74) is 0. The van der Waals surface area contributed by atoms with E-state index in [1.807, 2.05) is 20.8 Å². The molecule has 0 aromatic carbocycles. The third kappa shape index (κ3) is 10.4. The van der Waals surface area contributed by atoms with Gasteiger partial charge < -0.3 is 13.6 Å². The van der Waals surface area contributed by atoms with Gasteiger partial charge in [0, 0.05) is 19.3 Å². The molecule has 0 rings (SSSR count). The van der Waals surface area contributed by atoms with E-state index >= 15 is 0 Å². The molecule has 0 aliphatic carbocycles. The van der Waals surface area contributed by atoms with Gasteiger partial charge in [0.05, 0.1) is 6.10 Å².